The zero-order valence-electron chi connectivity index (χ0n) is 19.4. The van der Waals surface area contributed by atoms with Crippen LogP contribution in [0, 0.1) is 11.3 Å². The molecule has 2 aliphatic heterocycles. The van der Waals surface area contributed by atoms with Gasteiger partial charge in [-0.3, -0.25) is 9.69 Å². The predicted molar refractivity (Wildman–Crippen MR) is 144 cm³/mol. The number of carbonyl (C=O) groups excluding carboxylic acids is 1. The Labute approximate surface area is 214 Å². The van der Waals surface area contributed by atoms with Crippen molar-refractivity contribution in [2.75, 3.05) is 29.9 Å². The average Bonchev–Trinajstić information content (AvgIpc) is 3.35. The number of fused-ring (bicyclic) bond motifs is 1. The summed E-state index contributed by atoms with van der Waals surface area (Å²) in [5, 5.41) is 14.9. The first-order chi connectivity index (χ1) is 16.5. The molecule has 6 nitrogen and oxygen atoms in total. The predicted octanol–water partition coefficient (Wildman–Crippen LogP) is 6.81. The normalized spacial score (nSPS) is 18.6. The molecule has 2 aromatic carbocycles. The lowest BCUT2D eigenvalue weighted by molar-refractivity contribution is -0.122. The number of benzene rings is 2. The van der Waals surface area contributed by atoms with E-state index in [-0.39, 0.29) is 5.91 Å². The van der Waals surface area contributed by atoms with Gasteiger partial charge in [0.05, 0.1) is 28.7 Å². The maximum Gasteiger partial charge on any atom is 0.269 e. The summed E-state index contributed by atoms with van der Waals surface area (Å²) in [5.74, 6) is -0.0292. The Morgan fingerprint density at radius 1 is 1.12 bits per heavy atom. The van der Waals surface area contributed by atoms with Crippen molar-refractivity contribution in [1.29, 1.82) is 5.26 Å². The number of halogens is 1. The number of hydrogen-bond donors (Lipinski definition) is 1. The lowest BCUT2D eigenvalue weighted by Gasteiger charge is -2.19. The number of nitrogens with zero attached hydrogens (tertiary/aromatic N) is 4. The van der Waals surface area contributed by atoms with Gasteiger partial charge in [-0.15, -0.1) is 0 Å². The Balaban J connectivity index is 1.79. The summed E-state index contributed by atoms with van der Waals surface area (Å²) in [6.07, 6.45) is 1.85. The summed E-state index contributed by atoms with van der Waals surface area (Å²) in [5.41, 5.74) is 3.05. The number of hydrogen-bond acceptors (Lipinski definition) is 7. The Hall–Kier alpha value is -2.60. The van der Waals surface area contributed by atoms with Crippen LogP contribution >= 0.6 is 35.1 Å². The smallest absolute Gasteiger partial charge is 0.269 e. The summed E-state index contributed by atoms with van der Waals surface area (Å²) in [6.45, 7) is 8.25. The van der Waals surface area contributed by atoms with Crippen molar-refractivity contribution in [2.24, 2.45) is 4.99 Å². The van der Waals surface area contributed by atoms with Crippen LogP contribution in [0.3, 0.4) is 0 Å². The van der Waals surface area contributed by atoms with Crippen LogP contribution in [0.15, 0.2) is 56.2 Å². The first-order valence-electron chi connectivity index (χ1n) is 11.4. The van der Waals surface area contributed by atoms with Crippen molar-refractivity contribution >= 4 is 63.3 Å². The van der Waals surface area contributed by atoms with Crippen LogP contribution in [0.2, 0.25) is 5.02 Å². The second kappa shape index (κ2) is 10.8. The van der Waals surface area contributed by atoms with E-state index in [0.29, 0.717) is 32.9 Å². The van der Waals surface area contributed by atoms with Gasteiger partial charge in [0.1, 0.15) is 9.93 Å². The minimum absolute atomic E-state index is 0.0292. The fraction of sp³-hybridized carbons (Fsp3) is 0.320. The van der Waals surface area contributed by atoms with Gasteiger partial charge in [-0.2, -0.15) is 5.26 Å². The highest BCUT2D eigenvalue weighted by Gasteiger charge is 2.39. The summed E-state index contributed by atoms with van der Waals surface area (Å²) < 4.78 is 0. The molecule has 2 aliphatic rings. The van der Waals surface area contributed by atoms with Gasteiger partial charge in [-0.25, -0.2) is 4.99 Å². The number of aliphatic imine (C=N–C) groups is 1. The van der Waals surface area contributed by atoms with Crippen LogP contribution in [0.4, 0.5) is 17.1 Å². The highest BCUT2D eigenvalue weighted by molar-refractivity contribution is 8.19. The number of anilines is 2. The van der Waals surface area contributed by atoms with E-state index >= 15 is 0 Å². The van der Waals surface area contributed by atoms with Crippen LogP contribution in [0.25, 0.3) is 0 Å². The number of amidine groups is 1. The monoisotopic (exact) mass is 511 g/mol. The number of carbonyl (C=O) groups is 1. The summed E-state index contributed by atoms with van der Waals surface area (Å²) in [4.78, 5) is 24.2. The molecule has 0 aliphatic carbocycles. The van der Waals surface area contributed by atoms with Gasteiger partial charge in [0.2, 0.25) is 0 Å². The molecule has 1 fully saturated rings. The van der Waals surface area contributed by atoms with Crippen LogP contribution in [-0.4, -0.2) is 35.6 Å². The molecule has 1 N–H and O–H groups in total. The third-order valence-electron chi connectivity index (χ3n) is 5.48. The van der Waals surface area contributed by atoms with Gasteiger partial charge < -0.3 is 10.2 Å². The first kappa shape index (κ1) is 24.5. The maximum absolute atomic E-state index is 13.6. The number of rotatable bonds is 7. The molecular formula is C25H26ClN5OS2. The third kappa shape index (κ3) is 4.78. The van der Waals surface area contributed by atoms with Crippen LogP contribution in [-0.2, 0) is 4.79 Å². The zero-order chi connectivity index (χ0) is 24.2. The second-order valence-electron chi connectivity index (χ2n) is 7.77. The minimum atomic E-state index is -0.0292. The van der Waals surface area contributed by atoms with E-state index in [4.69, 9.17) is 16.6 Å². The van der Waals surface area contributed by atoms with Gasteiger partial charge >= 0.3 is 0 Å². The molecule has 1 amide bonds. The molecule has 0 aromatic heterocycles. The van der Waals surface area contributed by atoms with Crippen molar-refractivity contribution < 1.29 is 4.79 Å². The fourth-order valence-electron chi connectivity index (χ4n) is 3.81. The molecule has 0 spiro atoms. The van der Waals surface area contributed by atoms with E-state index in [9.17, 15) is 10.1 Å². The molecule has 0 bridgehead atoms. The van der Waals surface area contributed by atoms with Gasteiger partial charge in [-0.05, 0) is 68.4 Å². The molecule has 9 heteroatoms. The summed E-state index contributed by atoms with van der Waals surface area (Å²) in [7, 11) is 0. The van der Waals surface area contributed by atoms with Crippen molar-refractivity contribution in [3.8, 4) is 6.07 Å². The Kier molecular flexibility index (Phi) is 7.77. The number of amides is 1. The average molecular weight is 512 g/mol. The van der Waals surface area contributed by atoms with Crippen molar-refractivity contribution in [1.82, 2.24) is 4.90 Å². The van der Waals surface area contributed by atoms with E-state index in [0.717, 1.165) is 47.2 Å². The lowest BCUT2D eigenvalue weighted by atomic mass is 10.2. The molecule has 2 heterocycles. The topological polar surface area (TPSA) is 71.7 Å². The lowest BCUT2D eigenvalue weighted by Crippen LogP contribution is -2.30. The molecule has 34 heavy (non-hydrogen) atoms. The standard InChI is InChI=1S/C25H26ClN5OS2/c1-4-7-12-31-23(32)22(24-30(6-3)20-14-17(26)9-11-21(20)33-24)34-25(31)29-19-13-16(15-27)8-10-18(19)28-5-2/h8-11,13-14,28H,4-7,12H2,1-3H3. The molecule has 0 saturated carbocycles. The molecule has 0 unspecified atom stereocenters. The molecule has 1 saturated heterocycles. The van der Waals surface area contributed by atoms with Crippen molar-refractivity contribution in [3.05, 3.63) is 56.9 Å². The molecular weight excluding hydrogens is 486 g/mol. The van der Waals surface area contributed by atoms with Gasteiger partial charge in [-0.1, -0.05) is 36.7 Å². The summed E-state index contributed by atoms with van der Waals surface area (Å²) in [6, 6.07) is 13.4. The molecule has 0 atom stereocenters. The maximum atomic E-state index is 13.6. The summed E-state index contributed by atoms with van der Waals surface area (Å²) >= 11 is 9.26. The first-order valence-corrected chi connectivity index (χ1v) is 13.4. The van der Waals surface area contributed by atoms with Gasteiger partial charge in [0, 0.05) is 29.6 Å². The number of thioether (sulfide) groups is 2. The van der Waals surface area contributed by atoms with Crippen LogP contribution < -0.4 is 10.2 Å². The highest BCUT2D eigenvalue weighted by atomic mass is 35.5. The SMILES string of the molecule is CCCCN1C(=O)C(=C2Sc3ccc(Cl)cc3N2CC)SC1=Nc1cc(C#N)ccc1NCC. The fourth-order valence-corrected chi connectivity index (χ4v) is 6.37. The Morgan fingerprint density at radius 3 is 2.65 bits per heavy atom. The molecule has 0 radical (unpaired) electrons. The molecule has 4 rings (SSSR count). The quantitative estimate of drug-likeness (QED) is 0.412. The van der Waals surface area contributed by atoms with Crippen LogP contribution in [0.1, 0.15) is 39.2 Å². The van der Waals surface area contributed by atoms with Crippen LogP contribution in [0.5, 0.6) is 0 Å². The van der Waals surface area contributed by atoms with Gasteiger partial charge in [0.15, 0.2) is 5.17 Å². The largest absolute Gasteiger partial charge is 0.384 e. The molecule has 2 aromatic rings. The minimum Gasteiger partial charge on any atom is -0.384 e. The van der Waals surface area contributed by atoms with Crippen molar-refractivity contribution in [3.63, 3.8) is 0 Å². The zero-order valence-corrected chi connectivity index (χ0v) is 21.8. The second-order valence-corrected chi connectivity index (χ2v) is 10.2. The highest BCUT2D eigenvalue weighted by Crippen LogP contribution is 2.51. The van der Waals surface area contributed by atoms with E-state index in [2.05, 4.69) is 30.1 Å². The van der Waals surface area contributed by atoms with Gasteiger partial charge in [0.25, 0.3) is 5.91 Å². The number of nitrogens with one attached hydrogen (secondary N) is 1. The Morgan fingerprint density at radius 2 is 1.94 bits per heavy atom. The number of nitriles is 1. The van der Waals surface area contributed by atoms with Crippen molar-refractivity contribution in [2.45, 2.75) is 38.5 Å². The van der Waals surface area contributed by atoms with E-state index < -0.39 is 0 Å². The molecule has 176 valence electrons. The van der Waals surface area contributed by atoms with E-state index in [1.54, 1.807) is 28.8 Å². The third-order valence-corrected chi connectivity index (χ3v) is 8.10. The van der Waals surface area contributed by atoms with E-state index in [1.165, 1.54) is 11.8 Å². The van der Waals surface area contributed by atoms with E-state index in [1.807, 2.05) is 31.2 Å². The Bertz CT molecular complexity index is 1220. The number of unbranched alkanes of at least 4 members (excludes halogenated alkanes) is 1.